The molecule has 0 saturated heterocycles. The summed E-state index contributed by atoms with van der Waals surface area (Å²) >= 11 is 0. The van der Waals surface area contributed by atoms with Gasteiger partial charge < -0.3 is 14.2 Å². The molecule has 6 heteroatoms. The highest BCUT2D eigenvalue weighted by atomic mass is 16.6. The van der Waals surface area contributed by atoms with Crippen molar-refractivity contribution in [3.8, 4) is 0 Å². The normalized spacial score (nSPS) is 12.5. The Labute approximate surface area is 317 Å². The van der Waals surface area contributed by atoms with Crippen molar-refractivity contribution in [1.29, 1.82) is 0 Å². The molecule has 51 heavy (non-hydrogen) atoms. The second-order valence-electron chi connectivity index (χ2n) is 15.6. The smallest absolute Gasteiger partial charge is 0.306 e. The van der Waals surface area contributed by atoms with E-state index < -0.39 is 6.10 Å². The number of rotatable bonds is 40. The molecule has 6 nitrogen and oxygen atoms in total. The van der Waals surface area contributed by atoms with E-state index in [0.717, 1.165) is 63.7 Å². The van der Waals surface area contributed by atoms with Gasteiger partial charge in [0.05, 0.1) is 0 Å². The van der Waals surface area contributed by atoms with Crippen molar-refractivity contribution in [2.24, 2.45) is 5.92 Å². The molecule has 0 N–H and O–H groups in total. The van der Waals surface area contributed by atoms with Crippen molar-refractivity contribution in [1.82, 2.24) is 0 Å². The van der Waals surface area contributed by atoms with Crippen LogP contribution < -0.4 is 0 Å². The average molecular weight is 723 g/mol. The molecule has 1 unspecified atom stereocenters. The summed E-state index contributed by atoms with van der Waals surface area (Å²) in [6.07, 6.45) is 37.9. The Hall–Kier alpha value is -1.59. The van der Waals surface area contributed by atoms with Crippen molar-refractivity contribution in [2.45, 2.75) is 252 Å². The van der Waals surface area contributed by atoms with E-state index in [1.807, 2.05) is 0 Å². The zero-order valence-corrected chi connectivity index (χ0v) is 34.6. The van der Waals surface area contributed by atoms with Crippen molar-refractivity contribution < 1.29 is 28.6 Å². The van der Waals surface area contributed by atoms with E-state index in [1.54, 1.807) is 0 Å². The largest absolute Gasteiger partial charge is 0.462 e. The zero-order valence-electron chi connectivity index (χ0n) is 34.6. The predicted octanol–water partition coefficient (Wildman–Crippen LogP) is 13.9. The van der Waals surface area contributed by atoms with Crippen LogP contribution in [0.15, 0.2) is 0 Å². The number of carbonyl (C=O) groups excluding carboxylic acids is 3. The Morgan fingerprint density at radius 1 is 0.392 bits per heavy atom. The molecule has 0 aliphatic heterocycles. The van der Waals surface area contributed by atoms with Gasteiger partial charge in [-0.3, -0.25) is 14.4 Å². The molecule has 0 spiro atoms. The van der Waals surface area contributed by atoms with Crippen LogP contribution in [0.5, 0.6) is 0 Å². The fraction of sp³-hybridized carbons (Fsp3) is 0.933. The van der Waals surface area contributed by atoms with Gasteiger partial charge in [-0.05, 0) is 25.2 Å². The van der Waals surface area contributed by atoms with Crippen LogP contribution in [0.25, 0.3) is 0 Å². The maximum Gasteiger partial charge on any atom is 0.306 e. The summed E-state index contributed by atoms with van der Waals surface area (Å²) in [5, 5.41) is 0. The number of hydrogen-bond acceptors (Lipinski definition) is 6. The van der Waals surface area contributed by atoms with Gasteiger partial charge >= 0.3 is 17.9 Å². The van der Waals surface area contributed by atoms with Gasteiger partial charge in [0, 0.05) is 19.3 Å². The van der Waals surface area contributed by atoms with Gasteiger partial charge in [0.1, 0.15) is 13.2 Å². The summed E-state index contributed by atoms with van der Waals surface area (Å²) in [5.74, 6) is -0.0440. The lowest BCUT2D eigenvalue weighted by Gasteiger charge is -2.18. The molecular weight excluding hydrogens is 636 g/mol. The van der Waals surface area contributed by atoms with E-state index in [9.17, 15) is 14.4 Å². The third-order valence-corrected chi connectivity index (χ3v) is 10.4. The van der Waals surface area contributed by atoms with E-state index >= 15 is 0 Å². The van der Waals surface area contributed by atoms with Crippen molar-refractivity contribution in [3.63, 3.8) is 0 Å². The molecule has 0 radical (unpaired) electrons. The van der Waals surface area contributed by atoms with Crippen LogP contribution in [-0.2, 0) is 28.6 Å². The molecule has 2 atom stereocenters. The second-order valence-corrected chi connectivity index (χ2v) is 15.6. The highest BCUT2D eigenvalue weighted by molar-refractivity contribution is 5.71. The minimum absolute atomic E-state index is 0.0645. The van der Waals surface area contributed by atoms with Crippen LogP contribution in [-0.4, -0.2) is 37.2 Å². The Morgan fingerprint density at radius 3 is 1.02 bits per heavy atom. The molecule has 0 aliphatic rings. The van der Waals surface area contributed by atoms with Crippen molar-refractivity contribution >= 4 is 17.9 Å². The van der Waals surface area contributed by atoms with E-state index in [0.29, 0.717) is 19.3 Å². The molecule has 0 aromatic heterocycles. The van der Waals surface area contributed by atoms with Crippen LogP contribution >= 0.6 is 0 Å². The first-order chi connectivity index (χ1) is 24.9. The maximum absolute atomic E-state index is 12.7. The highest BCUT2D eigenvalue weighted by Crippen LogP contribution is 2.16. The maximum atomic E-state index is 12.7. The van der Waals surface area contributed by atoms with Gasteiger partial charge in [-0.2, -0.15) is 0 Å². The van der Waals surface area contributed by atoms with Crippen LogP contribution in [0, 0.1) is 5.92 Å². The third kappa shape index (κ3) is 38.0. The van der Waals surface area contributed by atoms with Crippen LogP contribution in [0.3, 0.4) is 0 Å². The Balaban J connectivity index is 4.35. The minimum atomic E-state index is -0.759. The third-order valence-electron chi connectivity index (χ3n) is 10.4. The summed E-state index contributed by atoms with van der Waals surface area (Å²) in [4.78, 5) is 37.6. The highest BCUT2D eigenvalue weighted by Gasteiger charge is 2.19. The first-order valence-corrected chi connectivity index (χ1v) is 22.4. The van der Waals surface area contributed by atoms with Gasteiger partial charge in [0.25, 0.3) is 0 Å². The topological polar surface area (TPSA) is 78.9 Å². The zero-order chi connectivity index (χ0) is 37.5. The van der Waals surface area contributed by atoms with Gasteiger partial charge in [-0.1, -0.05) is 207 Å². The molecule has 0 bridgehead atoms. The van der Waals surface area contributed by atoms with Crippen molar-refractivity contribution in [3.05, 3.63) is 0 Å². The molecule has 0 fully saturated rings. The number of hydrogen-bond donors (Lipinski definition) is 0. The molecule has 0 heterocycles. The molecule has 0 aromatic carbocycles. The average Bonchev–Trinajstić information content (AvgIpc) is 3.13. The summed E-state index contributed by atoms with van der Waals surface area (Å²) in [6, 6.07) is 0. The van der Waals surface area contributed by atoms with E-state index in [4.69, 9.17) is 14.2 Å². The van der Waals surface area contributed by atoms with Gasteiger partial charge in [-0.15, -0.1) is 0 Å². The molecule has 0 rings (SSSR count). The Bertz CT molecular complexity index is 768. The van der Waals surface area contributed by atoms with Crippen LogP contribution in [0.2, 0.25) is 0 Å². The quantitative estimate of drug-likeness (QED) is 0.0356. The summed E-state index contributed by atoms with van der Waals surface area (Å²) in [7, 11) is 0. The van der Waals surface area contributed by atoms with Crippen molar-refractivity contribution in [2.75, 3.05) is 13.2 Å². The van der Waals surface area contributed by atoms with Crippen LogP contribution in [0.1, 0.15) is 246 Å². The van der Waals surface area contributed by atoms with Gasteiger partial charge in [0.2, 0.25) is 0 Å². The second kappa shape index (κ2) is 39.6. The Kier molecular flexibility index (Phi) is 38.4. The lowest BCUT2D eigenvalue weighted by molar-refractivity contribution is -0.167. The summed E-state index contributed by atoms with van der Waals surface area (Å²) in [5.41, 5.74) is 0. The molecule has 0 saturated carbocycles. The predicted molar refractivity (Wildman–Crippen MR) is 215 cm³/mol. The molecular formula is C45H86O6. The summed E-state index contributed by atoms with van der Waals surface area (Å²) in [6.45, 7) is 8.95. The number of esters is 3. The molecule has 0 amide bonds. The monoisotopic (exact) mass is 723 g/mol. The van der Waals surface area contributed by atoms with E-state index in [-0.39, 0.29) is 31.1 Å². The first kappa shape index (κ1) is 49.4. The Morgan fingerprint density at radius 2 is 0.686 bits per heavy atom. The fourth-order valence-corrected chi connectivity index (χ4v) is 6.59. The van der Waals surface area contributed by atoms with Gasteiger partial charge in [0.15, 0.2) is 6.10 Å². The number of carbonyl (C=O) groups is 3. The number of unbranched alkanes of at least 4 members (excludes halogenated alkanes) is 26. The fourth-order valence-electron chi connectivity index (χ4n) is 6.59. The lowest BCUT2D eigenvalue weighted by Crippen LogP contribution is -2.30. The lowest BCUT2D eigenvalue weighted by atomic mass is 10.00. The first-order valence-electron chi connectivity index (χ1n) is 22.4. The molecule has 0 aliphatic carbocycles. The minimum Gasteiger partial charge on any atom is -0.462 e. The molecule has 0 aromatic rings. The SMILES string of the molecule is CCCCCCCCCCCCCCC(=O)O[C@@H](COC(=O)CCCCCCCCCCCCC)COC(=O)CCCCCCCCC(C)CC. The van der Waals surface area contributed by atoms with E-state index in [1.165, 1.54) is 141 Å². The van der Waals surface area contributed by atoms with Crippen LogP contribution in [0.4, 0.5) is 0 Å². The summed E-state index contributed by atoms with van der Waals surface area (Å²) < 4.78 is 16.7. The molecule has 302 valence electrons. The van der Waals surface area contributed by atoms with E-state index in [2.05, 4.69) is 27.7 Å². The standard InChI is InChI=1S/C45H86O6/c1-5-8-10-12-14-16-18-20-22-24-30-34-38-45(48)51-42(40-50-44(47)37-33-29-26-25-27-31-35-41(4)7-3)39-49-43(46)36-32-28-23-21-19-17-15-13-11-9-6-2/h41-42H,5-40H2,1-4H3/t41?,42-/m0/s1. The van der Waals surface area contributed by atoms with Gasteiger partial charge in [-0.25, -0.2) is 0 Å². The number of ether oxygens (including phenoxy) is 3.